The fraction of sp³-hybridized carbons (Fsp3) is 0.429. The molecular weight excluding hydrogens is 192 g/mol. The highest BCUT2D eigenvalue weighted by Gasteiger charge is 1.97. The summed E-state index contributed by atoms with van der Waals surface area (Å²) in [6.07, 6.45) is 3.52. The van der Waals surface area contributed by atoms with Gasteiger partial charge in [0, 0.05) is 11.8 Å². The summed E-state index contributed by atoms with van der Waals surface area (Å²) < 4.78 is 0. The zero-order chi connectivity index (χ0) is 8.81. The zero-order valence-corrected chi connectivity index (χ0v) is 8.36. The summed E-state index contributed by atoms with van der Waals surface area (Å²) in [5.74, 6) is 0.685. The van der Waals surface area contributed by atoms with Crippen LogP contribution in [0, 0.1) is 0 Å². The Balaban J connectivity index is 2.60. The standard InChI is InChI=1S/C7H10N2OS2/c1-11-6-4-7(9-5-8-6)12-3-2-10/h4-5,10H,2-3H2,1H3. The molecule has 0 aromatic carbocycles. The first-order chi connectivity index (χ1) is 5.86. The third-order valence-corrected chi connectivity index (χ3v) is 2.71. The van der Waals surface area contributed by atoms with Gasteiger partial charge >= 0.3 is 0 Å². The number of aliphatic hydroxyl groups excluding tert-OH is 1. The van der Waals surface area contributed by atoms with Crippen LogP contribution in [0.5, 0.6) is 0 Å². The van der Waals surface area contributed by atoms with Crippen LogP contribution in [0.3, 0.4) is 0 Å². The van der Waals surface area contributed by atoms with Gasteiger partial charge in [-0.1, -0.05) is 0 Å². The Hall–Kier alpha value is -0.260. The summed E-state index contributed by atoms with van der Waals surface area (Å²) in [6, 6.07) is 1.92. The Bertz CT molecular complexity index is 245. The van der Waals surface area contributed by atoms with Gasteiger partial charge in [-0.3, -0.25) is 0 Å². The van der Waals surface area contributed by atoms with Crippen molar-refractivity contribution in [3.63, 3.8) is 0 Å². The van der Waals surface area contributed by atoms with E-state index < -0.39 is 0 Å². The maximum absolute atomic E-state index is 8.58. The molecule has 0 aliphatic carbocycles. The number of hydrogen-bond donors (Lipinski definition) is 1. The van der Waals surface area contributed by atoms with Gasteiger partial charge in [-0.05, 0) is 6.26 Å². The zero-order valence-electron chi connectivity index (χ0n) is 6.73. The maximum Gasteiger partial charge on any atom is 0.117 e. The van der Waals surface area contributed by atoms with Crippen LogP contribution in [0.15, 0.2) is 22.4 Å². The van der Waals surface area contributed by atoms with E-state index in [9.17, 15) is 0 Å². The molecule has 0 aliphatic rings. The lowest BCUT2D eigenvalue weighted by Gasteiger charge is -1.98. The minimum atomic E-state index is 0.184. The number of thioether (sulfide) groups is 2. The van der Waals surface area contributed by atoms with Gasteiger partial charge in [-0.15, -0.1) is 23.5 Å². The molecule has 12 heavy (non-hydrogen) atoms. The molecule has 1 rings (SSSR count). The van der Waals surface area contributed by atoms with Crippen molar-refractivity contribution in [2.75, 3.05) is 18.6 Å². The predicted octanol–water partition coefficient (Wildman–Crippen LogP) is 1.28. The van der Waals surface area contributed by atoms with Gasteiger partial charge in [0.1, 0.15) is 16.4 Å². The minimum absolute atomic E-state index is 0.184. The van der Waals surface area contributed by atoms with E-state index in [1.165, 1.54) is 11.8 Å². The fourth-order valence-corrected chi connectivity index (χ4v) is 1.74. The molecule has 0 fully saturated rings. The van der Waals surface area contributed by atoms with E-state index in [0.29, 0.717) is 5.75 Å². The molecule has 1 heterocycles. The van der Waals surface area contributed by atoms with Crippen LogP contribution in [0.2, 0.25) is 0 Å². The molecule has 5 heteroatoms. The number of aliphatic hydroxyl groups is 1. The second kappa shape index (κ2) is 5.40. The van der Waals surface area contributed by atoms with Gasteiger partial charge < -0.3 is 5.11 Å². The molecule has 0 bridgehead atoms. The lowest BCUT2D eigenvalue weighted by molar-refractivity contribution is 0.322. The van der Waals surface area contributed by atoms with E-state index in [1.54, 1.807) is 18.1 Å². The SMILES string of the molecule is CSc1cc(SCCO)ncn1. The lowest BCUT2D eigenvalue weighted by atomic mass is 10.7. The van der Waals surface area contributed by atoms with Crippen molar-refractivity contribution in [1.29, 1.82) is 0 Å². The van der Waals surface area contributed by atoms with Crippen LogP contribution in [-0.2, 0) is 0 Å². The van der Waals surface area contributed by atoms with Crippen molar-refractivity contribution in [3.05, 3.63) is 12.4 Å². The number of hydrogen-bond acceptors (Lipinski definition) is 5. The molecule has 1 aromatic rings. The monoisotopic (exact) mass is 202 g/mol. The molecule has 0 radical (unpaired) electrons. The molecule has 1 N–H and O–H groups in total. The molecule has 0 aliphatic heterocycles. The van der Waals surface area contributed by atoms with Gasteiger partial charge in [-0.25, -0.2) is 9.97 Å². The normalized spacial score (nSPS) is 10.2. The Labute approximate surface area is 80.0 Å². The molecule has 1 aromatic heterocycles. The Morgan fingerprint density at radius 3 is 2.83 bits per heavy atom. The van der Waals surface area contributed by atoms with Crippen LogP contribution in [0.4, 0.5) is 0 Å². The Morgan fingerprint density at radius 2 is 2.17 bits per heavy atom. The van der Waals surface area contributed by atoms with Crippen molar-refractivity contribution in [2.24, 2.45) is 0 Å². The van der Waals surface area contributed by atoms with E-state index in [4.69, 9.17) is 5.11 Å². The summed E-state index contributed by atoms with van der Waals surface area (Å²) in [5, 5.41) is 10.5. The van der Waals surface area contributed by atoms with Crippen LogP contribution < -0.4 is 0 Å². The smallest absolute Gasteiger partial charge is 0.117 e. The van der Waals surface area contributed by atoms with Gasteiger partial charge in [-0.2, -0.15) is 0 Å². The fourth-order valence-electron chi connectivity index (χ4n) is 0.664. The average molecular weight is 202 g/mol. The van der Waals surface area contributed by atoms with Crippen molar-refractivity contribution >= 4 is 23.5 Å². The minimum Gasteiger partial charge on any atom is -0.396 e. The highest BCUT2D eigenvalue weighted by molar-refractivity contribution is 7.99. The van der Waals surface area contributed by atoms with Gasteiger partial charge in [0.25, 0.3) is 0 Å². The van der Waals surface area contributed by atoms with Gasteiger partial charge in [0.2, 0.25) is 0 Å². The van der Waals surface area contributed by atoms with Crippen molar-refractivity contribution in [2.45, 2.75) is 10.1 Å². The first-order valence-corrected chi connectivity index (χ1v) is 5.67. The lowest BCUT2D eigenvalue weighted by Crippen LogP contribution is -1.89. The molecule has 0 unspecified atom stereocenters. The highest BCUT2D eigenvalue weighted by Crippen LogP contribution is 2.18. The topological polar surface area (TPSA) is 46.0 Å². The van der Waals surface area contributed by atoms with E-state index in [2.05, 4.69) is 9.97 Å². The summed E-state index contributed by atoms with van der Waals surface area (Å²) in [5.41, 5.74) is 0. The molecule has 0 spiro atoms. The molecule has 3 nitrogen and oxygen atoms in total. The second-order valence-electron chi connectivity index (χ2n) is 1.97. The predicted molar refractivity (Wildman–Crippen MR) is 51.6 cm³/mol. The summed E-state index contributed by atoms with van der Waals surface area (Å²) in [7, 11) is 0. The largest absolute Gasteiger partial charge is 0.396 e. The van der Waals surface area contributed by atoms with Crippen LogP contribution >= 0.6 is 23.5 Å². The number of rotatable bonds is 4. The third-order valence-electron chi connectivity index (χ3n) is 1.17. The molecular formula is C7H10N2OS2. The van der Waals surface area contributed by atoms with Crippen molar-refractivity contribution < 1.29 is 5.11 Å². The first kappa shape index (κ1) is 9.83. The number of aromatic nitrogens is 2. The highest BCUT2D eigenvalue weighted by atomic mass is 32.2. The summed E-state index contributed by atoms with van der Waals surface area (Å²) in [4.78, 5) is 8.09. The van der Waals surface area contributed by atoms with E-state index in [1.807, 2.05) is 12.3 Å². The van der Waals surface area contributed by atoms with Crippen molar-refractivity contribution in [3.8, 4) is 0 Å². The van der Waals surface area contributed by atoms with Crippen molar-refractivity contribution in [1.82, 2.24) is 9.97 Å². The van der Waals surface area contributed by atoms with Crippen LogP contribution in [0.25, 0.3) is 0 Å². The summed E-state index contributed by atoms with van der Waals surface area (Å²) >= 11 is 3.12. The van der Waals surface area contributed by atoms with E-state index >= 15 is 0 Å². The molecule has 0 amide bonds. The van der Waals surface area contributed by atoms with Crippen LogP contribution in [-0.4, -0.2) is 33.7 Å². The second-order valence-corrected chi connectivity index (χ2v) is 3.91. The van der Waals surface area contributed by atoms with Gasteiger partial charge in [0.05, 0.1) is 6.61 Å². The molecule has 0 atom stereocenters. The molecule has 0 saturated carbocycles. The average Bonchev–Trinajstić information content (AvgIpc) is 2.15. The molecule has 0 saturated heterocycles. The molecule has 66 valence electrons. The van der Waals surface area contributed by atoms with Crippen LogP contribution in [0.1, 0.15) is 0 Å². The van der Waals surface area contributed by atoms with E-state index in [-0.39, 0.29) is 6.61 Å². The van der Waals surface area contributed by atoms with Gasteiger partial charge in [0.15, 0.2) is 0 Å². The Morgan fingerprint density at radius 1 is 1.42 bits per heavy atom. The Kier molecular flexibility index (Phi) is 4.42. The number of nitrogens with zero attached hydrogens (tertiary/aromatic N) is 2. The maximum atomic E-state index is 8.58. The third kappa shape index (κ3) is 3.00. The van der Waals surface area contributed by atoms with E-state index in [0.717, 1.165) is 10.1 Å². The summed E-state index contributed by atoms with van der Waals surface area (Å²) in [6.45, 7) is 0.184. The first-order valence-electron chi connectivity index (χ1n) is 3.46. The quantitative estimate of drug-likeness (QED) is 0.588.